The van der Waals surface area contributed by atoms with E-state index in [4.69, 9.17) is 21.9 Å². The molecule has 59 heavy (non-hydrogen) atoms. The van der Waals surface area contributed by atoms with Crippen LogP contribution in [0.2, 0.25) is 0 Å². The van der Waals surface area contributed by atoms with Crippen LogP contribution in [0.1, 0.15) is 50.8 Å². The predicted octanol–water partition coefficient (Wildman–Crippen LogP) is 14.4. The van der Waals surface area contributed by atoms with Gasteiger partial charge in [-0.1, -0.05) is 114 Å². The molecule has 0 bridgehead atoms. The summed E-state index contributed by atoms with van der Waals surface area (Å²) in [5.74, 6) is 0. The highest BCUT2D eigenvalue weighted by atomic mass is 15.1. The Labute approximate surface area is 386 Å². The summed E-state index contributed by atoms with van der Waals surface area (Å²) in [6, 6.07) is -31.1. The van der Waals surface area contributed by atoms with Gasteiger partial charge in [0.15, 0.2) is 0 Å². The Kier molecular flexibility index (Phi) is 2.86. The Morgan fingerprint density at radius 2 is 0.559 bits per heavy atom. The van der Waals surface area contributed by atoms with Crippen molar-refractivity contribution in [1.82, 2.24) is 18.3 Å². The minimum atomic E-state index is -1.17. The van der Waals surface area contributed by atoms with Crippen molar-refractivity contribution < 1.29 is 45.2 Å². The lowest BCUT2D eigenvalue weighted by atomic mass is 10.1. The zero-order chi connectivity index (χ0) is 67.5. The average Bonchev–Trinajstić information content (AvgIpc) is 1.52. The number of rotatable bonds is 4. The second kappa shape index (κ2) is 12.1. The fraction of sp³-hybridized carbons (Fsp3) is 0.0182. The Hall–Kier alpha value is -7.82. The van der Waals surface area contributed by atoms with Crippen LogP contribution in [0, 0.1) is 6.92 Å². The summed E-state index contributed by atoms with van der Waals surface area (Å²) in [6.07, 6.45) is 0. The summed E-state index contributed by atoms with van der Waals surface area (Å²) in [6.45, 7) is 1.31. The monoisotopic (exact) mass is 786 g/mol. The molecular weight excluding hydrogens is 717 g/mol. The fourth-order valence-corrected chi connectivity index (χ4v) is 7.78. The highest BCUT2D eigenvalue weighted by Crippen LogP contribution is 2.41. The predicted molar refractivity (Wildman–Crippen MR) is 249 cm³/mol. The normalized spacial score (nSPS) is 20.0. The largest absolute Gasteiger partial charge is 0.309 e. The van der Waals surface area contributed by atoms with Crippen molar-refractivity contribution in [2.24, 2.45) is 0 Å². The lowest BCUT2D eigenvalue weighted by Gasteiger charge is -2.17. The Bertz CT molecular complexity index is 5310. The Morgan fingerprint density at radius 3 is 0.983 bits per heavy atom. The molecule has 13 rings (SSSR count). The van der Waals surface area contributed by atoms with E-state index in [1.54, 1.807) is 0 Å². The van der Waals surface area contributed by atoms with Crippen molar-refractivity contribution in [2.75, 3.05) is 0 Å². The zero-order valence-corrected chi connectivity index (χ0v) is 29.8. The minimum absolute atomic E-state index is 0.111. The summed E-state index contributed by atoms with van der Waals surface area (Å²) in [5.41, 5.74) is -9.33. The third-order valence-corrected chi connectivity index (χ3v) is 10.1. The first-order chi connectivity index (χ1) is 43.0. The van der Waals surface area contributed by atoms with E-state index in [0.29, 0.717) is 9.13 Å². The summed E-state index contributed by atoms with van der Waals surface area (Å²) >= 11 is 0. The molecule has 0 spiro atoms. The van der Waals surface area contributed by atoms with Gasteiger partial charge in [-0.05, 0) is 97.6 Å². The fourth-order valence-electron chi connectivity index (χ4n) is 7.78. The van der Waals surface area contributed by atoms with E-state index in [0.717, 1.165) is 9.13 Å². The summed E-state index contributed by atoms with van der Waals surface area (Å²) in [4.78, 5) is 0. The summed E-state index contributed by atoms with van der Waals surface area (Å²) < 4.78 is 309. The number of benzene rings is 9. The van der Waals surface area contributed by atoms with Gasteiger partial charge in [0.2, 0.25) is 0 Å². The standard InChI is InChI=1S/C55H36N4/c1-35-26-29-51-43(32-35)40-16-4-9-21-48(40)57(51)37-28-31-53-45(34-37)42-18-6-11-23-50(42)59(53)55-25-13-12-24-54(55)58-49-22-10-5-17-41(49)44-33-36(27-30-52(44)58)56-46-19-7-2-14-38(46)39-15-3-8-20-47(39)56/h2-34H,1H3/i2D,3D,4D,5D,6D,7D,8D,9D,10D,11D,12D,13D,14D,15D,16D,17D,18D,19D,20D,21D,22D,23D,24D,25D,26D,27D,28D,29D,30D,31D,32D,33D,34D. The molecule has 4 nitrogen and oxygen atoms in total. The van der Waals surface area contributed by atoms with Gasteiger partial charge in [-0.25, -0.2) is 0 Å². The minimum Gasteiger partial charge on any atom is -0.309 e. The van der Waals surface area contributed by atoms with Crippen LogP contribution in [0.5, 0.6) is 0 Å². The quantitative estimate of drug-likeness (QED) is 0.169. The van der Waals surface area contributed by atoms with Crippen molar-refractivity contribution in [3.63, 3.8) is 0 Å². The van der Waals surface area contributed by atoms with Crippen molar-refractivity contribution in [1.29, 1.82) is 0 Å². The number of fused-ring (bicyclic) bond motifs is 12. The molecule has 0 N–H and O–H groups in total. The Balaban J connectivity index is 1.28. The highest BCUT2D eigenvalue weighted by Gasteiger charge is 2.21. The van der Waals surface area contributed by atoms with E-state index in [2.05, 4.69) is 0 Å². The van der Waals surface area contributed by atoms with E-state index < -0.39 is 304 Å². The van der Waals surface area contributed by atoms with Gasteiger partial charge in [-0.3, -0.25) is 0 Å². The van der Waals surface area contributed by atoms with Gasteiger partial charge in [0.1, 0.15) is 0 Å². The van der Waals surface area contributed by atoms with Gasteiger partial charge < -0.3 is 18.3 Å². The second-order valence-electron chi connectivity index (χ2n) is 13.3. The lowest BCUT2D eigenvalue weighted by molar-refractivity contribution is 1.09. The number of nitrogens with zero attached hydrogens (tertiary/aromatic N) is 4. The first kappa shape index (κ1) is 13.9. The van der Waals surface area contributed by atoms with Gasteiger partial charge >= 0.3 is 0 Å². The van der Waals surface area contributed by atoms with Gasteiger partial charge in [0.05, 0.1) is 101 Å². The second-order valence-corrected chi connectivity index (χ2v) is 13.3. The molecule has 0 amide bonds. The maximum absolute atomic E-state index is 10.2. The Morgan fingerprint density at radius 1 is 0.271 bits per heavy atom. The SMILES string of the molecule is [2H]c1c([2H])c([2H])c(-n2c3c([2H])c([2H])c([2H])c([2H])c3c3c([2H])c(-n4c5c([2H])c([2H])c([2H])c([2H])c5c5c([2H])c(C)c([2H])c([2H])c54)c([2H])c([2H])c32)c(-n2c3c([2H])c([2H])c([2H])c([2H])c3c3c([2H])c(-n4c5c([2H])c([2H])c([2H])c([2H])c5c5c([2H])c([2H])c([2H])c([2H])c54)c([2H])c([2H])c32)c1[2H]. The first-order valence-corrected chi connectivity index (χ1v) is 17.7. The molecule has 0 unspecified atom stereocenters. The van der Waals surface area contributed by atoms with Crippen LogP contribution >= 0.6 is 0 Å². The van der Waals surface area contributed by atoms with Gasteiger partial charge in [0.25, 0.3) is 0 Å². The van der Waals surface area contributed by atoms with Gasteiger partial charge in [0, 0.05) is 54.5 Å². The van der Waals surface area contributed by atoms with Gasteiger partial charge in [-0.2, -0.15) is 0 Å². The molecule has 13 aromatic rings. The molecular formula is C55H36N4. The topological polar surface area (TPSA) is 19.7 Å². The number of hydrogen-bond donors (Lipinski definition) is 0. The van der Waals surface area contributed by atoms with E-state index in [1.807, 2.05) is 0 Å². The van der Waals surface area contributed by atoms with Crippen LogP contribution in [0.3, 0.4) is 0 Å². The maximum atomic E-state index is 10.2. The molecule has 0 radical (unpaired) electrons. The average molecular weight is 786 g/mol. The molecule has 0 saturated carbocycles. The zero-order valence-electron chi connectivity index (χ0n) is 62.8. The molecule has 0 aliphatic carbocycles. The molecule has 0 aliphatic heterocycles. The van der Waals surface area contributed by atoms with Crippen LogP contribution in [-0.4, -0.2) is 18.3 Å². The number of para-hydroxylation sites is 7. The molecule has 4 aromatic heterocycles. The van der Waals surface area contributed by atoms with E-state index in [1.165, 1.54) is 6.92 Å². The third-order valence-electron chi connectivity index (χ3n) is 10.1. The number of hydrogen-bond acceptors (Lipinski definition) is 0. The van der Waals surface area contributed by atoms with E-state index >= 15 is 0 Å². The van der Waals surface area contributed by atoms with Crippen molar-refractivity contribution in [2.45, 2.75) is 6.92 Å². The maximum Gasteiger partial charge on any atom is 0.0702 e. The van der Waals surface area contributed by atoms with Crippen molar-refractivity contribution >= 4 is 87.2 Å². The van der Waals surface area contributed by atoms with Crippen LogP contribution in [0.15, 0.2) is 199 Å². The van der Waals surface area contributed by atoms with E-state index in [-0.39, 0.29) is 10.9 Å². The number of aromatic nitrogens is 4. The van der Waals surface area contributed by atoms with Crippen LogP contribution in [0.25, 0.3) is 110 Å². The lowest BCUT2D eigenvalue weighted by Crippen LogP contribution is -2.03. The molecule has 0 aliphatic rings. The third kappa shape index (κ3) is 4.48. The molecule has 0 saturated heterocycles. The molecule has 0 atom stereocenters. The molecule has 4 heterocycles. The smallest absolute Gasteiger partial charge is 0.0702 e. The molecule has 9 aromatic carbocycles. The van der Waals surface area contributed by atoms with Crippen molar-refractivity contribution in [3.05, 3.63) is 205 Å². The first-order valence-electron chi connectivity index (χ1n) is 34.2. The summed E-state index contributed by atoms with van der Waals surface area (Å²) in [5, 5.41) is -4.64. The van der Waals surface area contributed by atoms with Crippen molar-refractivity contribution in [3.8, 4) is 22.7 Å². The highest BCUT2D eigenvalue weighted by molar-refractivity contribution is 6.14. The van der Waals surface area contributed by atoms with Crippen LogP contribution < -0.4 is 0 Å². The van der Waals surface area contributed by atoms with Crippen LogP contribution in [0.4, 0.5) is 0 Å². The molecule has 276 valence electrons. The molecule has 0 fully saturated rings. The van der Waals surface area contributed by atoms with Gasteiger partial charge in [-0.15, -0.1) is 0 Å². The van der Waals surface area contributed by atoms with Crippen LogP contribution in [-0.2, 0) is 0 Å². The summed E-state index contributed by atoms with van der Waals surface area (Å²) in [7, 11) is 0. The molecule has 4 heteroatoms. The van der Waals surface area contributed by atoms with E-state index in [9.17, 15) is 23.3 Å².